The highest BCUT2D eigenvalue weighted by molar-refractivity contribution is 6.00. The number of carbonyl (C=O) groups excluding carboxylic acids is 1. The van der Waals surface area contributed by atoms with Gasteiger partial charge < -0.3 is 24.5 Å². The molecule has 3 saturated carbocycles. The molecule has 10 nitrogen and oxygen atoms in total. The number of ether oxygens (including phenoxy) is 2. The Morgan fingerprint density at radius 1 is 1.02 bits per heavy atom. The van der Waals surface area contributed by atoms with Gasteiger partial charge in [0.05, 0.1) is 30.3 Å². The average molecular weight is 746 g/mol. The van der Waals surface area contributed by atoms with Gasteiger partial charge in [-0.2, -0.15) is 13.2 Å². The Kier molecular flexibility index (Phi) is 9.18. The zero-order valence-electron chi connectivity index (χ0n) is 29.5. The molecule has 8 rings (SSSR count). The summed E-state index contributed by atoms with van der Waals surface area (Å²) in [5, 5.41) is 13.4. The minimum Gasteiger partial charge on any atom is -0.490 e. The van der Waals surface area contributed by atoms with Gasteiger partial charge in [-0.1, -0.05) is 6.92 Å². The molecule has 2 aromatic heterocycles. The van der Waals surface area contributed by atoms with E-state index in [1.807, 2.05) is 22.5 Å². The standard InChI is InChI=1S/C38H44F5N5O5/c1-21-12-22-14-23(13-21)37(16-22,35(50)51)46-34(49)29-17-44-33(45-32(29)38(41,42)43)30-18-48(25-8-10-52-11-9-25)31-15-27(6-7-28(30)31)53-26-4-2-24(3-5-26)47-19-36(39,40)20-47/h6-7,15,17-18,21-26H,2-5,8-14,16,19-20H2,1H3,(H,46,49)(H,50,51)/t21?,22?,23?,24-,26-,37?. The normalized spacial score (nSPS) is 30.6. The van der Waals surface area contributed by atoms with Crippen LogP contribution in [0.3, 0.4) is 0 Å². The summed E-state index contributed by atoms with van der Waals surface area (Å²) in [4.78, 5) is 36.3. The van der Waals surface area contributed by atoms with Gasteiger partial charge in [0.1, 0.15) is 11.3 Å². The van der Waals surface area contributed by atoms with Gasteiger partial charge in [-0.3, -0.25) is 9.69 Å². The summed E-state index contributed by atoms with van der Waals surface area (Å²) in [5.41, 5.74) is -2.83. The van der Waals surface area contributed by atoms with Crippen LogP contribution >= 0.6 is 0 Å². The van der Waals surface area contributed by atoms with Crippen LogP contribution in [0.1, 0.15) is 93.2 Å². The third-order valence-electron chi connectivity index (χ3n) is 12.3. The minimum absolute atomic E-state index is 0.00627. The molecule has 4 atom stereocenters. The number of hydrogen-bond acceptors (Lipinski definition) is 7. The SMILES string of the molecule is CC1CC2CC(C1)C(NC(=O)c1cnc(-c3cn(C4CCOCC4)c4cc(O[C@H]5CC[C@H](N6CC(F)(F)C6)CC5)ccc34)nc1C(F)(F)F)(C(=O)O)C2. The van der Waals surface area contributed by atoms with Gasteiger partial charge in [0, 0.05) is 54.7 Å². The van der Waals surface area contributed by atoms with E-state index in [0.29, 0.717) is 55.6 Å². The van der Waals surface area contributed by atoms with Gasteiger partial charge >= 0.3 is 12.1 Å². The first-order valence-corrected chi connectivity index (χ1v) is 18.7. The smallest absolute Gasteiger partial charge is 0.434 e. The molecule has 0 radical (unpaired) electrons. The number of fused-ring (bicyclic) bond motifs is 3. The molecule has 2 aliphatic heterocycles. The molecule has 4 unspecified atom stereocenters. The first-order chi connectivity index (χ1) is 25.2. The number of hydrogen-bond donors (Lipinski definition) is 2. The Labute approximate surface area is 303 Å². The Morgan fingerprint density at radius 2 is 1.75 bits per heavy atom. The van der Waals surface area contributed by atoms with Crippen LogP contribution in [0.5, 0.6) is 5.75 Å². The van der Waals surface area contributed by atoms with Crippen LogP contribution in [0.15, 0.2) is 30.6 Å². The maximum atomic E-state index is 14.7. The van der Waals surface area contributed by atoms with Crippen molar-refractivity contribution in [2.45, 2.75) is 107 Å². The molecule has 2 N–H and O–H groups in total. The molecule has 53 heavy (non-hydrogen) atoms. The van der Waals surface area contributed by atoms with Crippen LogP contribution in [-0.2, 0) is 15.7 Å². The van der Waals surface area contributed by atoms with Crippen molar-refractivity contribution >= 4 is 22.8 Å². The molecular formula is C38H44F5N5O5. The molecule has 4 heterocycles. The van der Waals surface area contributed by atoms with E-state index < -0.39 is 40.8 Å². The fraction of sp³-hybridized carbons (Fsp3) is 0.632. The topological polar surface area (TPSA) is 119 Å². The van der Waals surface area contributed by atoms with Crippen molar-refractivity contribution in [2.75, 3.05) is 26.3 Å². The number of halogens is 5. The molecule has 3 aliphatic carbocycles. The number of nitrogens with zero attached hydrogens (tertiary/aromatic N) is 4. The molecule has 286 valence electrons. The van der Waals surface area contributed by atoms with Gasteiger partial charge in [-0.25, -0.2) is 23.5 Å². The van der Waals surface area contributed by atoms with Crippen molar-refractivity contribution in [3.8, 4) is 17.1 Å². The maximum absolute atomic E-state index is 14.7. The highest BCUT2D eigenvalue weighted by Gasteiger charge is 2.56. The Morgan fingerprint density at radius 3 is 2.43 bits per heavy atom. The van der Waals surface area contributed by atoms with Crippen molar-refractivity contribution in [1.82, 2.24) is 24.8 Å². The lowest BCUT2D eigenvalue weighted by Crippen LogP contribution is -2.60. The van der Waals surface area contributed by atoms with Crippen LogP contribution in [0.25, 0.3) is 22.3 Å². The Hall–Kier alpha value is -3.85. The van der Waals surface area contributed by atoms with E-state index in [2.05, 4.69) is 15.3 Å². The Bertz CT molecular complexity index is 1880. The van der Waals surface area contributed by atoms with Crippen molar-refractivity contribution in [3.63, 3.8) is 0 Å². The van der Waals surface area contributed by atoms with E-state index in [0.717, 1.165) is 43.8 Å². The number of carbonyl (C=O) groups is 2. The molecule has 2 saturated heterocycles. The predicted octanol–water partition coefficient (Wildman–Crippen LogP) is 7.12. The maximum Gasteiger partial charge on any atom is 0.434 e. The lowest BCUT2D eigenvalue weighted by molar-refractivity contribution is -0.151. The highest BCUT2D eigenvalue weighted by atomic mass is 19.4. The van der Waals surface area contributed by atoms with Crippen molar-refractivity contribution in [3.05, 3.63) is 41.9 Å². The number of aliphatic carboxylic acids is 1. The number of carboxylic acids is 1. The van der Waals surface area contributed by atoms with Crippen LogP contribution in [0, 0.1) is 17.8 Å². The Balaban J connectivity index is 1.08. The van der Waals surface area contributed by atoms with E-state index in [1.165, 1.54) is 0 Å². The van der Waals surface area contributed by atoms with E-state index in [-0.39, 0.29) is 61.3 Å². The first-order valence-electron chi connectivity index (χ1n) is 18.7. The lowest BCUT2D eigenvalue weighted by Gasteiger charge is -2.46. The van der Waals surface area contributed by atoms with Gasteiger partial charge in [0.15, 0.2) is 11.5 Å². The number of likely N-dealkylation sites (tertiary alicyclic amines) is 1. The summed E-state index contributed by atoms with van der Waals surface area (Å²) in [7, 11) is 0. The van der Waals surface area contributed by atoms with Crippen LogP contribution < -0.4 is 10.1 Å². The molecule has 1 aromatic carbocycles. The van der Waals surface area contributed by atoms with Gasteiger partial charge in [0.25, 0.3) is 11.8 Å². The number of benzene rings is 1. The summed E-state index contributed by atoms with van der Waals surface area (Å²) in [6.45, 7) is 2.69. The molecule has 0 spiro atoms. The van der Waals surface area contributed by atoms with Crippen LogP contribution in [-0.4, -0.2) is 86.3 Å². The molecular weight excluding hydrogens is 701 g/mol. The highest BCUT2D eigenvalue weighted by Crippen LogP contribution is 2.51. The minimum atomic E-state index is -5.03. The number of carboxylic acid groups (broad SMARTS) is 1. The van der Waals surface area contributed by atoms with Crippen LogP contribution in [0.4, 0.5) is 22.0 Å². The number of rotatable bonds is 8. The second-order valence-electron chi connectivity index (χ2n) is 16.0. The zero-order chi connectivity index (χ0) is 37.3. The average Bonchev–Trinajstić information content (AvgIpc) is 3.61. The first kappa shape index (κ1) is 36.1. The number of aromatic nitrogens is 3. The third-order valence-corrected chi connectivity index (χ3v) is 12.3. The second kappa shape index (κ2) is 13.5. The third kappa shape index (κ3) is 6.87. The van der Waals surface area contributed by atoms with Gasteiger partial charge in [-0.05, 0) is 94.1 Å². The van der Waals surface area contributed by atoms with E-state index >= 15 is 0 Å². The summed E-state index contributed by atoms with van der Waals surface area (Å²) >= 11 is 0. The molecule has 5 aliphatic rings. The summed E-state index contributed by atoms with van der Waals surface area (Å²) < 4.78 is 84.9. The monoisotopic (exact) mass is 745 g/mol. The van der Waals surface area contributed by atoms with Gasteiger partial charge in [0.2, 0.25) is 0 Å². The van der Waals surface area contributed by atoms with E-state index in [9.17, 15) is 36.6 Å². The predicted molar refractivity (Wildman–Crippen MR) is 183 cm³/mol. The molecule has 2 bridgehead atoms. The van der Waals surface area contributed by atoms with E-state index in [4.69, 9.17) is 9.47 Å². The van der Waals surface area contributed by atoms with E-state index in [1.54, 1.807) is 18.3 Å². The lowest BCUT2D eigenvalue weighted by atomic mass is 9.78. The fourth-order valence-electron chi connectivity index (χ4n) is 9.84. The van der Waals surface area contributed by atoms with Crippen molar-refractivity contribution in [1.29, 1.82) is 0 Å². The van der Waals surface area contributed by atoms with Crippen molar-refractivity contribution in [2.24, 2.45) is 17.8 Å². The second-order valence-corrected chi connectivity index (χ2v) is 16.0. The van der Waals surface area contributed by atoms with Crippen LogP contribution in [0.2, 0.25) is 0 Å². The fourth-order valence-corrected chi connectivity index (χ4v) is 9.84. The molecule has 1 amide bonds. The molecule has 3 aromatic rings. The van der Waals surface area contributed by atoms with Crippen molar-refractivity contribution < 1.29 is 46.1 Å². The number of amides is 1. The molecule has 15 heteroatoms. The number of alkyl halides is 5. The summed E-state index contributed by atoms with van der Waals surface area (Å²) in [5.74, 6) is -4.67. The number of nitrogens with one attached hydrogen (secondary N) is 1. The quantitative estimate of drug-likeness (QED) is 0.234. The zero-order valence-corrected chi connectivity index (χ0v) is 29.5. The van der Waals surface area contributed by atoms with Gasteiger partial charge in [-0.15, -0.1) is 0 Å². The largest absolute Gasteiger partial charge is 0.490 e. The summed E-state index contributed by atoms with van der Waals surface area (Å²) in [6, 6.07) is 5.52. The summed E-state index contributed by atoms with van der Waals surface area (Å²) in [6.07, 6.45) is 3.96. The molecule has 5 fully saturated rings.